The van der Waals surface area contributed by atoms with Crippen LogP contribution in [0.3, 0.4) is 0 Å². The van der Waals surface area contributed by atoms with Crippen molar-refractivity contribution < 1.29 is 19.0 Å². The SMILES string of the molecule is CC1(C)Oc2ccc(NC(=O)c3ncccn3)cc2C2(COC(N)=N2)C12COC2. The van der Waals surface area contributed by atoms with E-state index in [1.54, 1.807) is 12.1 Å². The Hall–Kier alpha value is -3.20. The zero-order valence-corrected chi connectivity index (χ0v) is 16.1. The van der Waals surface area contributed by atoms with Gasteiger partial charge in [0.25, 0.3) is 11.9 Å². The number of hydrogen-bond acceptors (Lipinski definition) is 8. The maximum atomic E-state index is 12.5. The lowest BCUT2D eigenvalue weighted by molar-refractivity contribution is -0.247. The van der Waals surface area contributed by atoms with Gasteiger partial charge in [0.1, 0.15) is 23.5 Å². The first kappa shape index (κ1) is 17.9. The Bertz CT molecular complexity index is 1020. The van der Waals surface area contributed by atoms with E-state index in [1.165, 1.54) is 12.4 Å². The summed E-state index contributed by atoms with van der Waals surface area (Å²) in [7, 11) is 0. The molecule has 1 amide bonds. The van der Waals surface area contributed by atoms with Crippen LogP contribution in [0.5, 0.6) is 5.75 Å². The number of nitrogens with zero attached hydrogens (tertiary/aromatic N) is 3. The van der Waals surface area contributed by atoms with Crippen molar-refractivity contribution in [1.29, 1.82) is 0 Å². The summed E-state index contributed by atoms with van der Waals surface area (Å²) in [5.41, 5.74) is 5.61. The van der Waals surface area contributed by atoms with Crippen LogP contribution in [0.25, 0.3) is 0 Å². The number of ether oxygens (including phenoxy) is 3. The van der Waals surface area contributed by atoms with E-state index in [2.05, 4.69) is 15.3 Å². The van der Waals surface area contributed by atoms with Gasteiger partial charge in [0, 0.05) is 23.6 Å². The van der Waals surface area contributed by atoms with Crippen LogP contribution in [0.15, 0.2) is 41.7 Å². The Kier molecular flexibility index (Phi) is 3.63. The third-order valence-electron chi connectivity index (χ3n) is 6.19. The van der Waals surface area contributed by atoms with Gasteiger partial charge in [-0.15, -0.1) is 0 Å². The van der Waals surface area contributed by atoms with E-state index in [-0.39, 0.29) is 11.8 Å². The molecule has 1 aromatic carbocycles. The molecule has 3 N–H and O–H groups in total. The van der Waals surface area contributed by atoms with E-state index in [0.29, 0.717) is 31.3 Å². The minimum Gasteiger partial charge on any atom is -0.487 e. The van der Waals surface area contributed by atoms with E-state index in [4.69, 9.17) is 24.9 Å². The number of aliphatic imine (C=N–C) groups is 1. The van der Waals surface area contributed by atoms with Gasteiger partial charge in [-0.3, -0.25) is 4.79 Å². The number of amidine groups is 1. The van der Waals surface area contributed by atoms with E-state index >= 15 is 0 Å². The average Bonchev–Trinajstić information content (AvgIpc) is 3.03. The van der Waals surface area contributed by atoms with Gasteiger partial charge in [0.05, 0.1) is 18.6 Å². The second-order valence-corrected chi connectivity index (χ2v) is 8.02. The van der Waals surface area contributed by atoms with Crippen molar-refractivity contribution in [3.8, 4) is 5.75 Å². The number of nitrogens with two attached hydrogens (primary N) is 1. The smallest absolute Gasteiger partial charge is 0.293 e. The molecule has 0 radical (unpaired) electrons. The van der Waals surface area contributed by atoms with Gasteiger partial charge in [0.2, 0.25) is 5.82 Å². The molecule has 0 saturated carbocycles. The molecule has 2 spiro atoms. The molecule has 0 aliphatic carbocycles. The normalized spacial score (nSPS) is 25.4. The maximum absolute atomic E-state index is 12.5. The summed E-state index contributed by atoms with van der Waals surface area (Å²) in [4.78, 5) is 25.2. The summed E-state index contributed by atoms with van der Waals surface area (Å²) in [6, 6.07) is 7.27. The Balaban J connectivity index is 1.59. The Labute approximate surface area is 167 Å². The van der Waals surface area contributed by atoms with Crippen molar-refractivity contribution in [2.75, 3.05) is 25.1 Å². The molecule has 3 aliphatic heterocycles. The van der Waals surface area contributed by atoms with Crippen molar-refractivity contribution in [3.63, 3.8) is 0 Å². The molecule has 4 heterocycles. The topological polar surface area (TPSA) is 121 Å². The van der Waals surface area contributed by atoms with Crippen molar-refractivity contribution in [2.45, 2.75) is 25.0 Å². The number of rotatable bonds is 2. The first-order chi connectivity index (χ1) is 13.9. The molecule has 9 heteroatoms. The summed E-state index contributed by atoms with van der Waals surface area (Å²) >= 11 is 0. The minimum absolute atomic E-state index is 0.0904. The summed E-state index contributed by atoms with van der Waals surface area (Å²) in [6.45, 7) is 5.32. The first-order valence-corrected chi connectivity index (χ1v) is 9.35. The average molecular weight is 395 g/mol. The molecule has 150 valence electrons. The quantitative estimate of drug-likeness (QED) is 0.789. The molecular weight excluding hydrogens is 374 g/mol. The third-order valence-corrected chi connectivity index (χ3v) is 6.19. The van der Waals surface area contributed by atoms with Gasteiger partial charge in [-0.25, -0.2) is 15.0 Å². The highest BCUT2D eigenvalue weighted by atomic mass is 16.5. The van der Waals surface area contributed by atoms with Crippen LogP contribution in [0.1, 0.15) is 30.0 Å². The van der Waals surface area contributed by atoms with Crippen molar-refractivity contribution >= 4 is 17.6 Å². The van der Waals surface area contributed by atoms with Crippen molar-refractivity contribution in [3.05, 3.63) is 48.0 Å². The van der Waals surface area contributed by atoms with Gasteiger partial charge < -0.3 is 25.3 Å². The van der Waals surface area contributed by atoms with Gasteiger partial charge in [-0.1, -0.05) is 0 Å². The number of benzene rings is 1. The lowest BCUT2D eigenvalue weighted by Gasteiger charge is -2.61. The monoisotopic (exact) mass is 395 g/mol. The molecule has 1 unspecified atom stereocenters. The van der Waals surface area contributed by atoms with Gasteiger partial charge in [-0.05, 0) is 38.1 Å². The van der Waals surface area contributed by atoms with Gasteiger partial charge >= 0.3 is 0 Å². The lowest BCUT2D eigenvalue weighted by atomic mass is 9.55. The lowest BCUT2D eigenvalue weighted by Crippen LogP contribution is -2.71. The number of amides is 1. The van der Waals surface area contributed by atoms with Crippen LogP contribution in [0, 0.1) is 5.41 Å². The zero-order valence-electron chi connectivity index (χ0n) is 16.1. The van der Waals surface area contributed by atoms with Crippen LogP contribution in [-0.2, 0) is 15.0 Å². The van der Waals surface area contributed by atoms with E-state index in [0.717, 1.165) is 5.56 Å². The zero-order chi connectivity index (χ0) is 20.3. The standard InChI is InChI=1S/C20H21N5O4/c1-18(2)19(9-27-10-19)20(11-28-17(21)25-20)13-8-12(4-5-14(13)29-18)24-16(26)15-22-6-3-7-23-15/h3-8H,9-11H2,1-2H3,(H2,21,25)(H,24,26). The number of anilines is 1. The molecule has 9 nitrogen and oxygen atoms in total. The van der Waals surface area contributed by atoms with Crippen LogP contribution < -0.4 is 15.8 Å². The van der Waals surface area contributed by atoms with Gasteiger partial charge in [0.15, 0.2) is 0 Å². The second-order valence-electron chi connectivity index (χ2n) is 8.02. The Morgan fingerprint density at radius 2 is 1.93 bits per heavy atom. The number of fused-ring (bicyclic) bond motifs is 3. The molecule has 1 fully saturated rings. The molecule has 0 bridgehead atoms. The van der Waals surface area contributed by atoms with Crippen LogP contribution in [-0.4, -0.2) is 47.3 Å². The Morgan fingerprint density at radius 1 is 1.17 bits per heavy atom. The fourth-order valence-electron chi connectivity index (χ4n) is 4.46. The highest BCUT2D eigenvalue weighted by molar-refractivity contribution is 6.01. The molecule has 5 rings (SSSR count). The Morgan fingerprint density at radius 3 is 2.55 bits per heavy atom. The van der Waals surface area contributed by atoms with E-state index in [9.17, 15) is 4.79 Å². The van der Waals surface area contributed by atoms with Crippen molar-refractivity contribution in [1.82, 2.24) is 9.97 Å². The number of aromatic nitrogens is 2. The molecule has 29 heavy (non-hydrogen) atoms. The molecule has 1 saturated heterocycles. The van der Waals surface area contributed by atoms with Crippen LogP contribution in [0.4, 0.5) is 5.69 Å². The summed E-state index contributed by atoms with van der Waals surface area (Å²) in [5.74, 6) is 0.375. The molecular formula is C20H21N5O4. The maximum Gasteiger partial charge on any atom is 0.293 e. The first-order valence-electron chi connectivity index (χ1n) is 9.35. The van der Waals surface area contributed by atoms with Crippen LogP contribution >= 0.6 is 0 Å². The molecule has 2 aromatic rings. The van der Waals surface area contributed by atoms with E-state index < -0.39 is 22.5 Å². The summed E-state index contributed by atoms with van der Waals surface area (Å²) in [6.07, 6.45) is 3.04. The number of hydrogen-bond donors (Lipinski definition) is 2. The predicted octanol–water partition coefficient (Wildman–Crippen LogP) is 1.46. The number of nitrogens with one attached hydrogen (secondary N) is 1. The van der Waals surface area contributed by atoms with Crippen molar-refractivity contribution in [2.24, 2.45) is 16.1 Å². The highest BCUT2D eigenvalue weighted by Gasteiger charge is 2.71. The fraction of sp³-hybridized carbons (Fsp3) is 0.400. The third kappa shape index (κ3) is 2.37. The fourth-order valence-corrected chi connectivity index (χ4v) is 4.46. The minimum atomic E-state index is -0.754. The van der Waals surface area contributed by atoms with Gasteiger partial charge in [-0.2, -0.15) is 0 Å². The molecule has 1 atom stereocenters. The second kappa shape index (κ2) is 5.90. The number of carbonyl (C=O) groups is 1. The number of carbonyl (C=O) groups excluding carboxylic acids is 1. The van der Waals surface area contributed by atoms with Crippen LogP contribution in [0.2, 0.25) is 0 Å². The summed E-state index contributed by atoms with van der Waals surface area (Å²) < 4.78 is 17.6. The van der Waals surface area contributed by atoms with E-state index in [1.807, 2.05) is 26.0 Å². The largest absolute Gasteiger partial charge is 0.487 e. The molecule has 3 aliphatic rings. The predicted molar refractivity (Wildman–Crippen MR) is 104 cm³/mol. The molecule has 1 aromatic heterocycles. The summed E-state index contributed by atoms with van der Waals surface area (Å²) in [5, 5.41) is 2.84. The highest BCUT2D eigenvalue weighted by Crippen LogP contribution is 2.62.